The number of hydrogen-bond acceptors (Lipinski definition) is 3. The molecule has 6 heteroatoms. The van der Waals surface area contributed by atoms with Crippen molar-refractivity contribution in [3.05, 3.63) is 59.8 Å². The number of fused-ring (bicyclic) bond motifs is 1. The molecule has 0 aliphatic carbocycles. The number of hydrogen-bond donors (Lipinski definition) is 0. The van der Waals surface area contributed by atoms with Crippen LogP contribution in [0.2, 0.25) is 0 Å². The molecule has 3 aromatic rings. The average Bonchev–Trinajstić information content (AvgIpc) is 2.50. The monoisotopic (exact) mass is 304 g/mol. The molecule has 0 atom stereocenters. The van der Waals surface area contributed by atoms with Crippen LogP contribution in [0.5, 0.6) is 11.6 Å². The van der Waals surface area contributed by atoms with Gasteiger partial charge in [0, 0.05) is 10.8 Å². The Morgan fingerprint density at radius 3 is 2.14 bits per heavy atom. The Kier molecular flexibility index (Phi) is 3.44. The molecule has 0 bridgehead atoms. The summed E-state index contributed by atoms with van der Waals surface area (Å²) in [7, 11) is 0. The van der Waals surface area contributed by atoms with Crippen molar-refractivity contribution < 1.29 is 17.9 Å². The second kappa shape index (κ2) is 5.29. The Hall–Kier alpha value is -2.63. The van der Waals surface area contributed by atoms with Crippen molar-refractivity contribution in [1.82, 2.24) is 10.2 Å². The van der Waals surface area contributed by atoms with Crippen LogP contribution >= 0.6 is 0 Å². The molecule has 3 rings (SSSR count). The van der Waals surface area contributed by atoms with Crippen LogP contribution in [0, 0.1) is 6.92 Å². The van der Waals surface area contributed by atoms with E-state index in [1.165, 1.54) is 12.1 Å². The van der Waals surface area contributed by atoms with Gasteiger partial charge in [0.25, 0.3) is 0 Å². The smallest absolute Gasteiger partial charge is 0.416 e. The molecular weight excluding hydrogens is 293 g/mol. The lowest BCUT2D eigenvalue weighted by atomic mass is 10.1. The molecule has 0 saturated carbocycles. The van der Waals surface area contributed by atoms with Crippen molar-refractivity contribution in [2.75, 3.05) is 0 Å². The fourth-order valence-electron chi connectivity index (χ4n) is 2.11. The molecule has 112 valence electrons. The van der Waals surface area contributed by atoms with E-state index < -0.39 is 11.7 Å². The molecule has 0 saturated heterocycles. The minimum atomic E-state index is -4.37. The summed E-state index contributed by atoms with van der Waals surface area (Å²) in [5.41, 5.74) is 0.0371. The van der Waals surface area contributed by atoms with Gasteiger partial charge in [-0.3, -0.25) is 0 Å². The summed E-state index contributed by atoms with van der Waals surface area (Å²) >= 11 is 0. The van der Waals surface area contributed by atoms with Crippen LogP contribution in [0.15, 0.2) is 48.5 Å². The number of aryl methyl sites for hydroxylation is 1. The fourth-order valence-corrected chi connectivity index (χ4v) is 2.11. The lowest BCUT2D eigenvalue weighted by molar-refractivity contribution is -0.137. The zero-order valence-corrected chi connectivity index (χ0v) is 11.6. The molecule has 0 amide bonds. The molecule has 0 spiro atoms. The van der Waals surface area contributed by atoms with Crippen LogP contribution in [-0.2, 0) is 6.18 Å². The molecular formula is C16H11F3N2O. The highest BCUT2D eigenvalue weighted by atomic mass is 19.4. The van der Waals surface area contributed by atoms with E-state index in [9.17, 15) is 13.2 Å². The third kappa shape index (κ3) is 2.72. The number of alkyl halides is 3. The summed E-state index contributed by atoms with van der Waals surface area (Å²) in [6.45, 7) is 1.83. The molecule has 1 heterocycles. The highest BCUT2D eigenvalue weighted by Gasteiger charge is 2.30. The summed E-state index contributed by atoms with van der Waals surface area (Å²) in [5.74, 6) is 0.539. The number of aromatic nitrogens is 2. The average molecular weight is 304 g/mol. The Morgan fingerprint density at radius 2 is 1.50 bits per heavy atom. The zero-order valence-electron chi connectivity index (χ0n) is 11.6. The van der Waals surface area contributed by atoms with Gasteiger partial charge in [0.15, 0.2) is 0 Å². The van der Waals surface area contributed by atoms with E-state index in [-0.39, 0.29) is 11.6 Å². The van der Waals surface area contributed by atoms with E-state index in [1.807, 2.05) is 31.2 Å². The van der Waals surface area contributed by atoms with Gasteiger partial charge in [-0.2, -0.15) is 18.3 Å². The number of benzene rings is 2. The first kappa shape index (κ1) is 14.3. The van der Waals surface area contributed by atoms with Crippen LogP contribution in [0.1, 0.15) is 11.3 Å². The van der Waals surface area contributed by atoms with Crippen LogP contribution in [0.4, 0.5) is 13.2 Å². The Balaban J connectivity index is 1.95. The first-order valence-corrected chi connectivity index (χ1v) is 6.52. The van der Waals surface area contributed by atoms with Gasteiger partial charge in [0.1, 0.15) is 5.75 Å². The second-order valence-corrected chi connectivity index (χ2v) is 4.76. The Labute approximate surface area is 124 Å². The quantitative estimate of drug-likeness (QED) is 0.685. The first-order chi connectivity index (χ1) is 10.4. The van der Waals surface area contributed by atoms with Gasteiger partial charge in [0.05, 0.1) is 11.3 Å². The van der Waals surface area contributed by atoms with Crippen molar-refractivity contribution >= 4 is 10.8 Å². The van der Waals surface area contributed by atoms with Crippen LogP contribution < -0.4 is 4.74 Å². The van der Waals surface area contributed by atoms with Crippen molar-refractivity contribution in [3.63, 3.8) is 0 Å². The molecule has 1 aromatic heterocycles. The minimum absolute atomic E-state index is 0.265. The van der Waals surface area contributed by atoms with E-state index in [1.54, 1.807) is 0 Å². The summed E-state index contributed by atoms with van der Waals surface area (Å²) in [5, 5.41) is 9.63. The first-order valence-electron chi connectivity index (χ1n) is 6.52. The summed E-state index contributed by atoms with van der Waals surface area (Å²) in [4.78, 5) is 0. The Morgan fingerprint density at radius 1 is 0.864 bits per heavy atom. The normalized spacial score (nSPS) is 11.6. The fraction of sp³-hybridized carbons (Fsp3) is 0.125. The predicted octanol–water partition coefficient (Wildman–Crippen LogP) is 4.75. The number of rotatable bonds is 2. The van der Waals surface area contributed by atoms with Crippen LogP contribution in [0.3, 0.4) is 0 Å². The summed E-state index contributed by atoms with van der Waals surface area (Å²) in [6.07, 6.45) is -4.37. The predicted molar refractivity (Wildman–Crippen MR) is 75.8 cm³/mol. The standard InChI is InChI=1S/C16H11F3N2O/c1-10-13-4-2-3-5-14(13)15(21-20-10)22-12-8-6-11(7-9-12)16(17,18)19/h2-9H,1H3. The molecule has 0 aliphatic rings. The SMILES string of the molecule is Cc1nnc(Oc2ccc(C(F)(F)F)cc2)c2ccccc12. The largest absolute Gasteiger partial charge is 0.437 e. The van der Waals surface area contributed by atoms with Gasteiger partial charge < -0.3 is 4.74 Å². The molecule has 0 N–H and O–H groups in total. The van der Waals surface area contributed by atoms with Crippen molar-refractivity contribution in [2.45, 2.75) is 13.1 Å². The minimum Gasteiger partial charge on any atom is -0.437 e. The lowest BCUT2D eigenvalue weighted by Crippen LogP contribution is -2.04. The van der Waals surface area contributed by atoms with Crippen molar-refractivity contribution in [1.29, 1.82) is 0 Å². The van der Waals surface area contributed by atoms with Gasteiger partial charge >= 0.3 is 6.18 Å². The summed E-state index contributed by atoms with van der Waals surface area (Å²) < 4.78 is 43.2. The molecule has 0 radical (unpaired) electrons. The van der Waals surface area contributed by atoms with Crippen LogP contribution in [-0.4, -0.2) is 10.2 Å². The van der Waals surface area contributed by atoms with Crippen molar-refractivity contribution in [3.8, 4) is 11.6 Å². The zero-order chi connectivity index (χ0) is 15.7. The van der Waals surface area contributed by atoms with E-state index in [0.29, 0.717) is 0 Å². The lowest BCUT2D eigenvalue weighted by Gasteiger charge is -2.10. The number of halogens is 3. The molecule has 0 aliphatic heterocycles. The molecule has 0 fully saturated rings. The van der Waals surface area contributed by atoms with Gasteiger partial charge in [-0.25, -0.2) is 0 Å². The molecule has 0 unspecified atom stereocenters. The number of ether oxygens (including phenoxy) is 1. The van der Waals surface area contributed by atoms with Crippen molar-refractivity contribution in [2.24, 2.45) is 0 Å². The highest BCUT2D eigenvalue weighted by Crippen LogP contribution is 2.32. The third-order valence-corrected chi connectivity index (χ3v) is 3.23. The maximum absolute atomic E-state index is 12.5. The summed E-state index contributed by atoms with van der Waals surface area (Å²) in [6, 6.07) is 11.9. The number of nitrogens with zero attached hydrogens (tertiary/aromatic N) is 2. The maximum Gasteiger partial charge on any atom is 0.416 e. The van der Waals surface area contributed by atoms with Gasteiger partial charge in [-0.05, 0) is 37.3 Å². The van der Waals surface area contributed by atoms with Gasteiger partial charge in [-0.15, -0.1) is 5.10 Å². The van der Waals surface area contributed by atoms with Gasteiger partial charge in [0.2, 0.25) is 5.88 Å². The van der Waals surface area contributed by atoms with Gasteiger partial charge in [-0.1, -0.05) is 18.2 Å². The van der Waals surface area contributed by atoms with E-state index in [0.717, 1.165) is 28.6 Å². The molecule has 3 nitrogen and oxygen atoms in total. The van der Waals surface area contributed by atoms with E-state index in [2.05, 4.69) is 10.2 Å². The highest BCUT2D eigenvalue weighted by molar-refractivity contribution is 5.88. The Bertz CT molecular complexity index is 814. The maximum atomic E-state index is 12.5. The topological polar surface area (TPSA) is 35.0 Å². The second-order valence-electron chi connectivity index (χ2n) is 4.76. The van der Waals surface area contributed by atoms with E-state index in [4.69, 9.17) is 4.74 Å². The molecule has 2 aromatic carbocycles. The van der Waals surface area contributed by atoms with Crippen LogP contribution in [0.25, 0.3) is 10.8 Å². The van der Waals surface area contributed by atoms with E-state index >= 15 is 0 Å². The molecule has 22 heavy (non-hydrogen) atoms. The third-order valence-electron chi connectivity index (χ3n) is 3.23.